The average molecular weight is 255 g/mol. The van der Waals surface area contributed by atoms with E-state index in [0.29, 0.717) is 0 Å². The molecular weight excluding hydrogens is 242 g/mol. The zero-order chi connectivity index (χ0) is 13.1. The Hall–Kier alpha value is -2.12. The van der Waals surface area contributed by atoms with E-state index in [1.165, 1.54) is 0 Å². The van der Waals surface area contributed by atoms with Crippen LogP contribution in [-0.4, -0.2) is 47.3 Å². The number of carbonyl (C=O) groups excluding carboxylic acids is 2. The molecular formula is C10H13N3O5. The molecule has 3 N–H and O–H groups in total. The summed E-state index contributed by atoms with van der Waals surface area (Å²) in [5.41, 5.74) is -0.197. The first kappa shape index (κ1) is 12.3. The van der Waals surface area contributed by atoms with E-state index < -0.39 is 18.0 Å². The highest BCUT2D eigenvalue weighted by Gasteiger charge is 2.31. The molecule has 0 saturated heterocycles. The first-order valence-corrected chi connectivity index (χ1v) is 5.59. The fourth-order valence-electron chi connectivity index (χ4n) is 1.43. The van der Waals surface area contributed by atoms with Crippen molar-refractivity contribution in [3.8, 4) is 0 Å². The van der Waals surface area contributed by atoms with E-state index in [-0.39, 0.29) is 30.6 Å². The molecule has 0 aromatic carbocycles. The second kappa shape index (κ2) is 5.03. The van der Waals surface area contributed by atoms with Crippen LogP contribution in [0, 0.1) is 0 Å². The van der Waals surface area contributed by atoms with E-state index in [9.17, 15) is 14.4 Å². The Labute approximate surface area is 102 Å². The Bertz CT molecular complexity index is 416. The normalized spacial score (nSPS) is 21.8. The van der Waals surface area contributed by atoms with Crippen LogP contribution in [0.4, 0.5) is 0 Å². The summed E-state index contributed by atoms with van der Waals surface area (Å²) in [4.78, 5) is 38.1. The number of nitrogens with zero attached hydrogens (tertiary/aromatic N) is 1. The van der Waals surface area contributed by atoms with Crippen LogP contribution in [0.1, 0.15) is 19.3 Å². The van der Waals surface area contributed by atoms with Gasteiger partial charge in [0.1, 0.15) is 0 Å². The van der Waals surface area contributed by atoms with Gasteiger partial charge in [0.05, 0.1) is 6.54 Å². The van der Waals surface area contributed by atoms with Gasteiger partial charge in [0, 0.05) is 12.5 Å². The molecule has 0 spiro atoms. The van der Waals surface area contributed by atoms with Crippen LogP contribution < -0.4 is 10.6 Å². The molecule has 2 aliphatic rings. The largest absolute Gasteiger partial charge is 0.477 e. The summed E-state index contributed by atoms with van der Waals surface area (Å²) in [6, 6.07) is 0.235. The Morgan fingerprint density at radius 3 is 2.67 bits per heavy atom. The molecule has 1 atom stereocenters. The smallest absolute Gasteiger partial charge is 0.353 e. The molecule has 1 heterocycles. The van der Waals surface area contributed by atoms with E-state index in [1.54, 1.807) is 0 Å². The number of amides is 2. The minimum atomic E-state index is -1.21. The molecule has 0 aromatic heterocycles. The monoisotopic (exact) mass is 255 g/mol. The number of carbonyl (C=O) groups is 3. The third-order valence-corrected chi connectivity index (χ3v) is 2.57. The molecule has 2 amide bonds. The standard InChI is InChI=1S/C10H13N3O5/c14-8(12-5-1-2-5)4-11-9(15)7-3-6(10(16)17)13-18-7/h5,7H,1-4H2,(H,11,15)(H,12,14)(H,16,17). The Balaban J connectivity index is 1.69. The van der Waals surface area contributed by atoms with Crippen molar-refractivity contribution >= 4 is 23.5 Å². The zero-order valence-electron chi connectivity index (χ0n) is 9.51. The maximum Gasteiger partial charge on any atom is 0.353 e. The number of carboxylic acids is 1. The number of hydrogen-bond acceptors (Lipinski definition) is 5. The molecule has 1 aliphatic heterocycles. The van der Waals surface area contributed by atoms with Gasteiger partial charge in [-0.05, 0) is 12.8 Å². The van der Waals surface area contributed by atoms with Crippen LogP contribution in [0.25, 0.3) is 0 Å². The lowest BCUT2D eigenvalue weighted by atomic mass is 10.2. The molecule has 18 heavy (non-hydrogen) atoms. The summed E-state index contributed by atoms with van der Waals surface area (Å²) in [5, 5.41) is 17.0. The number of aliphatic carboxylic acids is 1. The molecule has 1 saturated carbocycles. The maximum absolute atomic E-state index is 11.5. The summed E-state index contributed by atoms with van der Waals surface area (Å²) >= 11 is 0. The fraction of sp³-hybridized carbons (Fsp3) is 0.600. The van der Waals surface area contributed by atoms with Crippen molar-refractivity contribution in [2.24, 2.45) is 5.16 Å². The predicted molar refractivity (Wildman–Crippen MR) is 58.7 cm³/mol. The van der Waals surface area contributed by atoms with Gasteiger partial charge in [0.25, 0.3) is 5.91 Å². The second-order valence-electron chi connectivity index (χ2n) is 4.20. The van der Waals surface area contributed by atoms with Gasteiger partial charge in [-0.3, -0.25) is 9.59 Å². The average Bonchev–Trinajstić information content (AvgIpc) is 2.98. The second-order valence-corrected chi connectivity index (χ2v) is 4.20. The van der Waals surface area contributed by atoms with Crippen molar-refractivity contribution in [1.82, 2.24) is 10.6 Å². The Kier molecular flexibility index (Phi) is 3.45. The molecule has 8 heteroatoms. The van der Waals surface area contributed by atoms with Gasteiger partial charge in [0.2, 0.25) is 12.0 Å². The minimum absolute atomic E-state index is 0.0919. The van der Waals surface area contributed by atoms with E-state index in [0.717, 1.165) is 12.8 Å². The third-order valence-electron chi connectivity index (χ3n) is 2.57. The van der Waals surface area contributed by atoms with Crippen LogP contribution in [0.5, 0.6) is 0 Å². The SMILES string of the molecule is O=C(CNC(=O)C1CC(C(=O)O)=NO1)NC1CC1. The quantitative estimate of drug-likeness (QED) is 0.559. The molecule has 0 radical (unpaired) electrons. The first-order chi connectivity index (χ1) is 8.56. The Morgan fingerprint density at radius 2 is 2.11 bits per heavy atom. The summed E-state index contributed by atoms with van der Waals surface area (Å²) < 4.78 is 0. The zero-order valence-corrected chi connectivity index (χ0v) is 9.51. The van der Waals surface area contributed by atoms with E-state index in [1.807, 2.05) is 0 Å². The van der Waals surface area contributed by atoms with Crippen molar-refractivity contribution in [3.63, 3.8) is 0 Å². The van der Waals surface area contributed by atoms with E-state index >= 15 is 0 Å². The van der Waals surface area contributed by atoms with Crippen molar-refractivity contribution in [1.29, 1.82) is 0 Å². The van der Waals surface area contributed by atoms with E-state index in [2.05, 4.69) is 20.6 Å². The molecule has 8 nitrogen and oxygen atoms in total. The summed E-state index contributed by atoms with van der Waals surface area (Å²) in [6.07, 6.45) is 0.887. The van der Waals surface area contributed by atoms with Crippen LogP contribution in [0.15, 0.2) is 5.16 Å². The lowest BCUT2D eigenvalue weighted by molar-refractivity contribution is -0.133. The highest BCUT2D eigenvalue weighted by atomic mass is 16.6. The van der Waals surface area contributed by atoms with Gasteiger partial charge in [-0.2, -0.15) is 0 Å². The molecule has 2 rings (SSSR count). The molecule has 0 bridgehead atoms. The molecule has 1 unspecified atom stereocenters. The summed E-state index contributed by atoms with van der Waals surface area (Å²) in [7, 11) is 0. The van der Waals surface area contributed by atoms with Gasteiger partial charge in [-0.15, -0.1) is 0 Å². The minimum Gasteiger partial charge on any atom is -0.477 e. The highest BCUT2D eigenvalue weighted by Crippen LogP contribution is 2.18. The van der Waals surface area contributed by atoms with Crippen molar-refractivity contribution < 1.29 is 24.3 Å². The fourth-order valence-corrected chi connectivity index (χ4v) is 1.43. The molecule has 1 fully saturated rings. The number of nitrogens with one attached hydrogen (secondary N) is 2. The topological polar surface area (TPSA) is 117 Å². The van der Waals surface area contributed by atoms with Crippen molar-refractivity contribution in [2.75, 3.05) is 6.54 Å². The third kappa shape index (κ3) is 3.19. The van der Waals surface area contributed by atoms with Gasteiger partial charge in [0.15, 0.2) is 5.71 Å². The predicted octanol–water partition coefficient (Wildman–Crippen LogP) is -1.39. The Morgan fingerprint density at radius 1 is 1.39 bits per heavy atom. The number of carboxylic acid groups (broad SMARTS) is 1. The van der Waals surface area contributed by atoms with Gasteiger partial charge < -0.3 is 20.6 Å². The number of rotatable bonds is 5. The number of oxime groups is 1. The van der Waals surface area contributed by atoms with Crippen molar-refractivity contribution in [2.45, 2.75) is 31.4 Å². The lowest BCUT2D eigenvalue weighted by Gasteiger charge is -2.09. The van der Waals surface area contributed by atoms with Gasteiger partial charge >= 0.3 is 5.97 Å². The molecule has 1 aliphatic carbocycles. The van der Waals surface area contributed by atoms with Gasteiger partial charge in [-0.1, -0.05) is 5.16 Å². The van der Waals surface area contributed by atoms with Crippen molar-refractivity contribution in [3.05, 3.63) is 0 Å². The van der Waals surface area contributed by atoms with Crippen LogP contribution in [0.3, 0.4) is 0 Å². The summed E-state index contributed by atoms with van der Waals surface area (Å²) in [5.74, 6) is -2.01. The molecule has 0 aromatic rings. The van der Waals surface area contributed by atoms with Crippen LogP contribution in [-0.2, 0) is 19.2 Å². The highest BCUT2D eigenvalue weighted by molar-refractivity contribution is 6.36. The van der Waals surface area contributed by atoms with Gasteiger partial charge in [-0.25, -0.2) is 4.79 Å². The lowest BCUT2D eigenvalue weighted by Crippen LogP contribution is -2.42. The van der Waals surface area contributed by atoms with E-state index in [4.69, 9.17) is 5.11 Å². The molecule has 98 valence electrons. The maximum atomic E-state index is 11.5. The summed E-state index contributed by atoms with van der Waals surface area (Å²) in [6.45, 7) is -0.141. The first-order valence-electron chi connectivity index (χ1n) is 5.59. The van der Waals surface area contributed by atoms with Crippen LogP contribution in [0.2, 0.25) is 0 Å². The van der Waals surface area contributed by atoms with Crippen LogP contribution >= 0.6 is 0 Å². The number of hydrogen-bond donors (Lipinski definition) is 3.